The number of pyridine rings is 1. The molecule has 1 aliphatic carbocycles. The number of aromatic nitrogens is 1. The van der Waals surface area contributed by atoms with Crippen LogP contribution in [0.4, 0.5) is 0 Å². The van der Waals surface area contributed by atoms with Crippen molar-refractivity contribution in [3.63, 3.8) is 0 Å². The van der Waals surface area contributed by atoms with Crippen molar-refractivity contribution in [2.45, 2.75) is 42.4 Å². The fourth-order valence-electron chi connectivity index (χ4n) is 2.74. The molecule has 1 fully saturated rings. The van der Waals surface area contributed by atoms with E-state index in [9.17, 15) is 8.42 Å². The van der Waals surface area contributed by atoms with Crippen molar-refractivity contribution in [2.24, 2.45) is 4.99 Å². The van der Waals surface area contributed by atoms with Gasteiger partial charge in [0.05, 0.1) is 6.54 Å². The number of hydrogen-bond donors (Lipinski definition) is 3. The Morgan fingerprint density at radius 2 is 2.23 bits per heavy atom. The summed E-state index contributed by atoms with van der Waals surface area (Å²) < 4.78 is 26.8. The summed E-state index contributed by atoms with van der Waals surface area (Å²) in [4.78, 5) is 8.47. The fourth-order valence-corrected chi connectivity index (χ4v) is 4.52. The van der Waals surface area contributed by atoms with E-state index in [0.717, 1.165) is 25.3 Å². The zero-order chi connectivity index (χ0) is 18.1. The highest BCUT2D eigenvalue weighted by atomic mass is 127. The van der Waals surface area contributed by atoms with Crippen molar-refractivity contribution in [1.82, 2.24) is 20.3 Å². The number of thioether (sulfide) groups is 1. The van der Waals surface area contributed by atoms with Gasteiger partial charge < -0.3 is 10.6 Å². The van der Waals surface area contributed by atoms with Crippen molar-refractivity contribution < 1.29 is 8.42 Å². The molecule has 0 radical (unpaired) electrons. The Kier molecular flexibility index (Phi) is 10.8. The van der Waals surface area contributed by atoms with E-state index in [1.165, 1.54) is 18.7 Å². The highest BCUT2D eigenvalue weighted by Crippen LogP contribution is 2.27. The van der Waals surface area contributed by atoms with Crippen LogP contribution in [-0.2, 0) is 10.0 Å². The molecule has 3 N–H and O–H groups in total. The van der Waals surface area contributed by atoms with Gasteiger partial charge in [0.15, 0.2) is 5.96 Å². The lowest BCUT2D eigenvalue weighted by Crippen LogP contribution is -2.43. The predicted molar refractivity (Wildman–Crippen MR) is 119 cm³/mol. The zero-order valence-corrected chi connectivity index (χ0v) is 19.1. The van der Waals surface area contributed by atoms with Crippen LogP contribution in [0.1, 0.15) is 26.2 Å². The second kappa shape index (κ2) is 12.0. The van der Waals surface area contributed by atoms with Crippen LogP contribution >= 0.6 is 35.7 Å². The molecule has 0 bridgehead atoms. The Balaban J connectivity index is 0.00000338. The molecule has 0 aliphatic heterocycles. The molecule has 1 aromatic heterocycles. The first-order valence-electron chi connectivity index (χ1n) is 8.52. The minimum absolute atomic E-state index is 0. The second-order valence-corrected chi connectivity index (χ2v) is 8.76. The van der Waals surface area contributed by atoms with Gasteiger partial charge in [0.2, 0.25) is 10.0 Å². The van der Waals surface area contributed by atoms with Gasteiger partial charge in [0.25, 0.3) is 0 Å². The minimum atomic E-state index is -3.53. The molecule has 2 rings (SSSR count). The number of nitrogens with one attached hydrogen (secondary N) is 3. The van der Waals surface area contributed by atoms with Crippen molar-refractivity contribution in [1.29, 1.82) is 0 Å². The standard InChI is InChI=1S/C16H27N5O2S2.HI/c1-3-18-16(21-13-6-7-14(11-13)24-2)19-9-10-20-25(22,23)15-5-4-8-17-12-15;/h4-5,8,12-14,20H,3,6-7,9-11H2,1-2H3,(H2,18,19,21);1H. The van der Waals surface area contributed by atoms with Crippen LogP contribution in [0.15, 0.2) is 34.4 Å². The van der Waals surface area contributed by atoms with E-state index in [4.69, 9.17) is 0 Å². The lowest BCUT2D eigenvalue weighted by molar-refractivity contribution is 0.581. The summed E-state index contributed by atoms with van der Waals surface area (Å²) in [6, 6.07) is 3.55. The molecule has 0 saturated heterocycles. The van der Waals surface area contributed by atoms with Gasteiger partial charge in [-0.05, 0) is 44.6 Å². The second-order valence-electron chi connectivity index (χ2n) is 5.86. The van der Waals surface area contributed by atoms with Gasteiger partial charge >= 0.3 is 0 Å². The first kappa shape index (κ1) is 23.4. The summed E-state index contributed by atoms with van der Waals surface area (Å²) in [6.45, 7) is 3.40. The molecule has 148 valence electrons. The summed E-state index contributed by atoms with van der Waals surface area (Å²) >= 11 is 1.92. The summed E-state index contributed by atoms with van der Waals surface area (Å²) in [5.41, 5.74) is 0. The molecule has 2 atom stereocenters. The van der Waals surface area contributed by atoms with Gasteiger partial charge in [0, 0.05) is 36.8 Å². The van der Waals surface area contributed by atoms with Crippen molar-refractivity contribution in [3.05, 3.63) is 24.5 Å². The summed E-state index contributed by atoms with van der Waals surface area (Å²) in [5, 5.41) is 7.38. The van der Waals surface area contributed by atoms with Crippen LogP contribution in [-0.4, -0.2) is 56.5 Å². The first-order chi connectivity index (χ1) is 12.0. The largest absolute Gasteiger partial charge is 0.357 e. The first-order valence-corrected chi connectivity index (χ1v) is 11.3. The van der Waals surface area contributed by atoms with E-state index in [-0.39, 0.29) is 35.4 Å². The molecule has 1 saturated carbocycles. The number of hydrogen-bond acceptors (Lipinski definition) is 5. The maximum Gasteiger partial charge on any atom is 0.242 e. The Labute approximate surface area is 177 Å². The van der Waals surface area contributed by atoms with E-state index in [2.05, 4.69) is 31.6 Å². The smallest absolute Gasteiger partial charge is 0.242 e. The highest BCUT2D eigenvalue weighted by molar-refractivity contribution is 14.0. The summed E-state index contributed by atoms with van der Waals surface area (Å²) in [5.74, 6) is 0.745. The molecule has 0 amide bonds. The monoisotopic (exact) mass is 513 g/mol. The lowest BCUT2D eigenvalue weighted by atomic mass is 10.2. The van der Waals surface area contributed by atoms with Crippen LogP contribution in [0.5, 0.6) is 0 Å². The summed E-state index contributed by atoms with van der Waals surface area (Å²) in [7, 11) is -3.53. The molecule has 10 heteroatoms. The quantitative estimate of drug-likeness (QED) is 0.213. The molecule has 1 aromatic rings. The number of rotatable bonds is 8. The van der Waals surface area contributed by atoms with E-state index in [1.54, 1.807) is 12.3 Å². The van der Waals surface area contributed by atoms with Crippen LogP contribution in [0, 0.1) is 0 Å². The summed E-state index contributed by atoms with van der Waals surface area (Å²) in [6.07, 6.45) is 8.54. The molecule has 0 spiro atoms. The van der Waals surface area contributed by atoms with Crippen LogP contribution in [0.3, 0.4) is 0 Å². The van der Waals surface area contributed by atoms with Gasteiger partial charge in [-0.3, -0.25) is 9.98 Å². The van der Waals surface area contributed by atoms with E-state index in [1.807, 2.05) is 18.7 Å². The third kappa shape index (κ3) is 7.57. The topological polar surface area (TPSA) is 95.5 Å². The van der Waals surface area contributed by atoms with Gasteiger partial charge in [-0.1, -0.05) is 0 Å². The van der Waals surface area contributed by atoms with Crippen LogP contribution in [0.25, 0.3) is 0 Å². The van der Waals surface area contributed by atoms with Gasteiger partial charge in [-0.2, -0.15) is 11.8 Å². The van der Waals surface area contributed by atoms with Crippen molar-refractivity contribution in [2.75, 3.05) is 25.9 Å². The normalized spacial score (nSPS) is 20.5. The average molecular weight is 513 g/mol. The number of nitrogens with zero attached hydrogens (tertiary/aromatic N) is 2. The van der Waals surface area contributed by atoms with Crippen molar-refractivity contribution >= 4 is 51.7 Å². The van der Waals surface area contributed by atoms with Crippen LogP contribution in [0.2, 0.25) is 0 Å². The number of halogens is 1. The minimum Gasteiger partial charge on any atom is -0.357 e. The van der Waals surface area contributed by atoms with E-state index >= 15 is 0 Å². The Morgan fingerprint density at radius 1 is 1.42 bits per heavy atom. The Morgan fingerprint density at radius 3 is 2.85 bits per heavy atom. The van der Waals surface area contributed by atoms with E-state index in [0.29, 0.717) is 17.8 Å². The zero-order valence-electron chi connectivity index (χ0n) is 15.1. The number of sulfonamides is 1. The highest BCUT2D eigenvalue weighted by Gasteiger charge is 2.24. The van der Waals surface area contributed by atoms with Gasteiger partial charge in [-0.25, -0.2) is 13.1 Å². The van der Waals surface area contributed by atoms with Gasteiger partial charge in [-0.15, -0.1) is 24.0 Å². The molecule has 1 heterocycles. The fraction of sp³-hybridized carbons (Fsp3) is 0.625. The number of guanidine groups is 1. The van der Waals surface area contributed by atoms with Crippen molar-refractivity contribution in [3.8, 4) is 0 Å². The maximum atomic E-state index is 12.1. The van der Waals surface area contributed by atoms with Gasteiger partial charge in [0.1, 0.15) is 4.90 Å². The molecule has 1 aliphatic rings. The molecule has 26 heavy (non-hydrogen) atoms. The van der Waals surface area contributed by atoms with E-state index < -0.39 is 10.0 Å². The molecule has 7 nitrogen and oxygen atoms in total. The SMILES string of the molecule is CCNC(=NCCNS(=O)(=O)c1cccnc1)NC1CCC(SC)C1.I. The average Bonchev–Trinajstić information content (AvgIpc) is 3.07. The maximum absolute atomic E-state index is 12.1. The Hall–Kier alpha value is -0.590. The molecule has 2 unspecified atom stereocenters. The Bertz CT molecular complexity index is 658. The number of aliphatic imine (C=N–C) groups is 1. The third-order valence-corrected chi connectivity index (χ3v) is 6.56. The molecule has 0 aromatic carbocycles. The molecular weight excluding hydrogens is 485 g/mol. The van der Waals surface area contributed by atoms with Crippen LogP contribution < -0.4 is 15.4 Å². The predicted octanol–water partition coefficient (Wildman–Crippen LogP) is 1.82. The third-order valence-electron chi connectivity index (χ3n) is 4.02. The lowest BCUT2D eigenvalue weighted by Gasteiger charge is -2.17. The molecular formula is C16H28IN5O2S2.